The van der Waals surface area contributed by atoms with Gasteiger partial charge in [-0.05, 0) is 89.9 Å². The first-order chi connectivity index (χ1) is 45.2. The van der Waals surface area contributed by atoms with E-state index in [1.165, 1.54) is 283 Å². The number of unbranched alkanes of at least 4 members (excludes halogenated alkanes) is 48. The number of hydrogen-bond acceptors (Lipinski definition) is 10. The number of carbonyl (C=O) groups excluding carboxylic acids is 2. The Balaban J connectivity index is 1.92. The Labute approximate surface area is 567 Å². The zero-order chi connectivity index (χ0) is 66.5. The van der Waals surface area contributed by atoms with Gasteiger partial charge in [-0.2, -0.15) is 0 Å². The summed E-state index contributed by atoms with van der Waals surface area (Å²) < 4.78 is 16.8. The van der Waals surface area contributed by atoms with E-state index >= 15 is 0 Å². The lowest BCUT2D eigenvalue weighted by atomic mass is 9.99. The van der Waals surface area contributed by atoms with E-state index < -0.39 is 49.5 Å². The zero-order valence-corrected chi connectivity index (χ0v) is 60.0. The van der Waals surface area contributed by atoms with Crippen LogP contribution in [0.1, 0.15) is 380 Å². The molecule has 92 heavy (non-hydrogen) atoms. The lowest BCUT2D eigenvalue weighted by molar-refractivity contribution is -0.302. The summed E-state index contributed by atoms with van der Waals surface area (Å²) in [5.41, 5.74) is 0. The standard InChI is InChI=1S/C81H149NO10/c1-3-5-7-9-11-13-15-17-45-49-53-57-61-65-69-77(86)90-70-66-62-58-54-50-46-42-40-38-36-34-32-30-28-26-24-22-20-18-19-21-23-25-27-29-31-33-35-37-39-41-44-48-52-56-60-64-68-76(85)82-73(72-91-81-80(89)79(88)78(87)75(71-83)92-81)74(84)67-63-59-55-51-47-43-16-14-12-10-8-6-4-2/h9,11,15,17-18,20,24,26,63,67,73-75,78-81,83-84,87-89H,3-8,10,12-14,16,19,21-23,25,27-62,64-66,68-72H2,1-2H3,(H,82,85)/b11-9-,17-15-,20-18-,26-24-,67-63+. The second-order valence-electron chi connectivity index (χ2n) is 27.4. The van der Waals surface area contributed by atoms with E-state index in [1.54, 1.807) is 6.08 Å². The molecule has 1 rings (SSSR count). The third-order valence-corrected chi connectivity index (χ3v) is 18.6. The molecule has 6 N–H and O–H groups in total. The molecule has 11 heteroatoms. The molecular weight excluding hydrogens is 1150 g/mol. The molecule has 0 aromatic heterocycles. The maximum absolute atomic E-state index is 13.1. The minimum atomic E-state index is -1.57. The van der Waals surface area contributed by atoms with Gasteiger partial charge in [-0.3, -0.25) is 9.59 Å². The molecule has 1 aliphatic heterocycles. The van der Waals surface area contributed by atoms with Crippen molar-refractivity contribution >= 4 is 11.9 Å². The van der Waals surface area contributed by atoms with Crippen LogP contribution in [0.25, 0.3) is 0 Å². The highest BCUT2D eigenvalue weighted by atomic mass is 16.7. The van der Waals surface area contributed by atoms with Gasteiger partial charge in [0.2, 0.25) is 5.91 Å². The molecule has 0 aromatic carbocycles. The van der Waals surface area contributed by atoms with Crippen LogP contribution in [0.15, 0.2) is 60.8 Å². The molecule has 0 saturated carbocycles. The Morgan fingerprint density at radius 3 is 1.13 bits per heavy atom. The number of nitrogens with one attached hydrogen (secondary N) is 1. The molecule has 538 valence electrons. The number of ether oxygens (including phenoxy) is 3. The third kappa shape index (κ3) is 57.6. The van der Waals surface area contributed by atoms with Crippen LogP contribution in [0.2, 0.25) is 0 Å². The maximum atomic E-state index is 13.1. The van der Waals surface area contributed by atoms with Gasteiger partial charge in [0.1, 0.15) is 24.4 Å². The Hall–Kier alpha value is -2.64. The van der Waals surface area contributed by atoms with Crippen LogP contribution < -0.4 is 5.32 Å². The van der Waals surface area contributed by atoms with Crippen molar-refractivity contribution in [1.29, 1.82) is 0 Å². The predicted octanol–water partition coefficient (Wildman–Crippen LogP) is 21.2. The van der Waals surface area contributed by atoms with Gasteiger partial charge >= 0.3 is 5.97 Å². The largest absolute Gasteiger partial charge is 0.466 e. The molecule has 7 unspecified atom stereocenters. The molecule has 7 atom stereocenters. The van der Waals surface area contributed by atoms with E-state index in [2.05, 4.69) is 67.8 Å². The number of hydrogen-bond donors (Lipinski definition) is 6. The maximum Gasteiger partial charge on any atom is 0.305 e. The molecule has 0 aliphatic carbocycles. The van der Waals surface area contributed by atoms with Gasteiger partial charge in [0.05, 0.1) is 32.0 Å². The van der Waals surface area contributed by atoms with Crippen LogP contribution in [0, 0.1) is 0 Å². The van der Waals surface area contributed by atoms with E-state index in [0.717, 1.165) is 70.6 Å². The van der Waals surface area contributed by atoms with Gasteiger partial charge in [-0.15, -0.1) is 0 Å². The fraction of sp³-hybridized carbons (Fsp3) is 0.852. The molecular formula is C81H149NO10. The Kier molecular flexibility index (Phi) is 66.2. The summed E-state index contributed by atoms with van der Waals surface area (Å²) in [6, 6.07) is -0.809. The van der Waals surface area contributed by atoms with E-state index in [1.807, 2.05) is 6.08 Å². The van der Waals surface area contributed by atoms with Crippen molar-refractivity contribution in [1.82, 2.24) is 5.32 Å². The number of aliphatic hydroxyl groups is 5. The van der Waals surface area contributed by atoms with Crippen LogP contribution in [-0.4, -0.2) is 100 Å². The normalized spacial score (nSPS) is 17.8. The minimum absolute atomic E-state index is 0.00207. The fourth-order valence-corrected chi connectivity index (χ4v) is 12.4. The fourth-order valence-electron chi connectivity index (χ4n) is 12.4. The Bertz CT molecular complexity index is 1710. The summed E-state index contributed by atoms with van der Waals surface area (Å²) >= 11 is 0. The number of esters is 1. The van der Waals surface area contributed by atoms with Crippen LogP contribution in [0.4, 0.5) is 0 Å². The first-order valence-electron chi connectivity index (χ1n) is 39.6. The molecule has 1 heterocycles. The minimum Gasteiger partial charge on any atom is -0.466 e. The molecule has 1 aliphatic rings. The van der Waals surface area contributed by atoms with Crippen LogP contribution in [0.5, 0.6) is 0 Å². The van der Waals surface area contributed by atoms with E-state index in [-0.39, 0.29) is 18.5 Å². The number of aliphatic hydroxyl groups excluding tert-OH is 5. The number of allylic oxidation sites excluding steroid dienone is 9. The lowest BCUT2D eigenvalue weighted by Crippen LogP contribution is -2.60. The second kappa shape index (κ2) is 69.7. The average Bonchev–Trinajstić information content (AvgIpc) is 0.891. The van der Waals surface area contributed by atoms with Crippen molar-refractivity contribution in [3.63, 3.8) is 0 Å². The molecule has 1 fully saturated rings. The summed E-state index contributed by atoms with van der Waals surface area (Å²) in [5, 5.41) is 54.6. The van der Waals surface area contributed by atoms with Crippen LogP contribution >= 0.6 is 0 Å². The Morgan fingerprint density at radius 2 is 0.739 bits per heavy atom. The van der Waals surface area contributed by atoms with Crippen LogP contribution in [-0.2, 0) is 23.8 Å². The van der Waals surface area contributed by atoms with E-state index in [9.17, 15) is 35.1 Å². The number of amides is 1. The first kappa shape index (κ1) is 87.4. The smallest absolute Gasteiger partial charge is 0.305 e. The summed E-state index contributed by atoms with van der Waals surface area (Å²) in [5.74, 6) is -0.179. The van der Waals surface area contributed by atoms with Gasteiger partial charge in [0.25, 0.3) is 0 Å². The van der Waals surface area contributed by atoms with Crippen molar-refractivity contribution in [3.05, 3.63) is 60.8 Å². The van der Waals surface area contributed by atoms with Crippen molar-refractivity contribution in [3.8, 4) is 0 Å². The van der Waals surface area contributed by atoms with Gasteiger partial charge in [0, 0.05) is 12.8 Å². The van der Waals surface area contributed by atoms with Crippen molar-refractivity contribution in [2.75, 3.05) is 19.8 Å². The molecule has 0 bridgehead atoms. The van der Waals surface area contributed by atoms with E-state index in [4.69, 9.17) is 14.2 Å². The van der Waals surface area contributed by atoms with Crippen molar-refractivity contribution in [2.24, 2.45) is 0 Å². The summed E-state index contributed by atoms with van der Waals surface area (Å²) in [7, 11) is 0. The molecule has 0 spiro atoms. The lowest BCUT2D eigenvalue weighted by Gasteiger charge is -2.40. The molecule has 0 radical (unpaired) electrons. The number of rotatable bonds is 70. The second-order valence-corrected chi connectivity index (χ2v) is 27.4. The SMILES string of the molecule is CCCC/C=C\C/C=C\CCCCCCCC(=O)OCCCCCCCCCCCCCCC/C=C\C/C=C\CCCCCCCCCCCCCCCCCCCC(=O)NC(COC1OC(CO)C(O)C(O)C1O)C(O)/C=C/CCCCCCCCCCCCC. The van der Waals surface area contributed by atoms with Gasteiger partial charge in [-0.25, -0.2) is 0 Å². The topological polar surface area (TPSA) is 175 Å². The third-order valence-electron chi connectivity index (χ3n) is 18.6. The zero-order valence-electron chi connectivity index (χ0n) is 60.0. The molecule has 1 saturated heterocycles. The quantitative estimate of drug-likeness (QED) is 0.0195. The number of carbonyl (C=O) groups is 2. The molecule has 1 amide bonds. The average molecular weight is 1300 g/mol. The summed E-state index contributed by atoms with van der Waals surface area (Å²) in [6.45, 7) is 4.34. The van der Waals surface area contributed by atoms with Gasteiger partial charge in [0.15, 0.2) is 6.29 Å². The molecule has 0 aromatic rings. The van der Waals surface area contributed by atoms with Gasteiger partial charge < -0.3 is 45.1 Å². The van der Waals surface area contributed by atoms with Crippen LogP contribution in [0.3, 0.4) is 0 Å². The monoisotopic (exact) mass is 1300 g/mol. The Morgan fingerprint density at radius 1 is 0.402 bits per heavy atom. The summed E-state index contributed by atoms with van der Waals surface area (Å²) in [6.07, 6.45) is 83.8. The highest BCUT2D eigenvalue weighted by molar-refractivity contribution is 5.76. The van der Waals surface area contributed by atoms with Gasteiger partial charge in [-0.1, -0.05) is 338 Å². The molecule has 11 nitrogen and oxygen atoms in total. The van der Waals surface area contributed by atoms with Crippen molar-refractivity contribution in [2.45, 2.75) is 423 Å². The first-order valence-corrected chi connectivity index (χ1v) is 39.6. The highest BCUT2D eigenvalue weighted by Crippen LogP contribution is 2.24. The van der Waals surface area contributed by atoms with E-state index in [0.29, 0.717) is 19.4 Å². The predicted molar refractivity (Wildman–Crippen MR) is 389 cm³/mol. The van der Waals surface area contributed by atoms with Crippen molar-refractivity contribution < 1.29 is 49.3 Å². The highest BCUT2D eigenvalue weighted by Gasteiger charge is 2.44. The summed E-state index contributed by atoms with van der Waals surface area (Å²) in [4.78, 5) is 25.2.